The molecule has 8 nitrogen and oxygen atoms in total. The Bertz CT molecular complexity index is 906. The molecule has 2 aromatic rings. The molecule has 0 aliphatic carbocycles. The van der Waals surface area contributed by atoms with Crippen LogP contribution >= 0.6 is 12.2 Å². The number of para-hydroxylation sites is 1. The van der Waals surface area contributed by atoms with Gasteiger partial charge in [-0.15, -0.1) is 0 Å². The zero-order valence-corrected chi connectivity index (χ0v) is 21.3. The molecule has 0 saturated heterocycles. The quantitative estimate of drug-likeness (QED) is 0.361. The number of carbonyl (C=O) groups is 2. The van der Waals surface area contributed by atoms with Crippen molar-refractivity contribution in [2.75, 3.05) is 20.3 Å². The first kappa shape index (κ1) is 28.8. The first-order valence-corrected chi connectivity index (χ1v) is 11.6. The SMILES string of the molecule is CCCCC.COc1ccnc(C(=S)NCC(=O)OCC(C)Oc2ccccc2)c1OC(C)=O. The van der Waals surface area contributed by atoms with Gasteiger partial charge in [-0.25, -0.2) is 4.98 Å². The lowest BCUT2D eigenvalue weighted by Gasteiger charge is -2.16. The first-order chi connectivity index (χ1) is 16.3. The lowest BCUT2D eigenvalue weighted by atomic mass is 10.3. The molecule has 1 aromatic heterocycles. The van der Waals surface area contributed by atoms with E-state index in [2.05, 4.69) is 24.1 Å². The molecule has 0 aliphatic rings. The third-order valence-corrected chi connectivity index (χ3v) is 4.55. The van der Waals surface area contributed by atoms with Crippen LogP contribution in [0.2, 0.25) is 0 Å². The largest absolute Gasteiger partial charge is 0.493 e. The number of unbranched alkanes of at least 4 members (excludes halogenated alkanes) is 2. The Hall–Kier alpha value is -3.20. The summed E-state index contributed by atoms with van der Waals surface area (Å²) in [4.78, 5) is 27.6. The molecule has 1 atom stereocenters. The number of rotatable bonds is 11. The molecular weight excluding hydrogens is 456 g/mol. The number of carbonyl (C=O) groups excluding carboxylic acids is 2. The number of pyridine rings is 1. The molecule has 0 spiro atoms. The van der Waals surface area contributed by atoms with Crippen molar-refractivity contribution in [2.45, 2.75) is 53.1 Å². The van der Waals surface area contributed by atoms with E-state index in [9.17, 15) is 9.59 Å². The van der Waals surface area contributed by atoms with Crippen LogP contribution in [-0.2, 0) is 14.3 Å². The highest BCUT2D eigenvalue weighted by molar-refractivity contribution is 7.80. The molecular formula is C25H34N2O6S. The Morgan fingerprint density at radius 2 is 1.79 bits per heavy atom. The van der Waals surface area contributed by atoms with Gasteiger partial charge in [0.05, 0.1) is 7.11 Å². The van der Waals surface area contributed by atoms with Crippen LogP contribution in [0.4, 0.5) is 0 Å². The van der Waals surface area contributed by atoms with Crippen LogP contribution in [0.5, 0.6) is 17.2 Å². The van der Waals surface area contributed by atoms with E-state index in [1.54, 1.807) is 6.92 Å². The molecule has 0 saturated carbocycles. The van der Waals surface area contributed by atoms with E-state index in [1.807, 2.05) is 30.3 Å². The fourth-order valence-electron chi connectivity index (χ4n) is 2.61. The monoisotopic (exact) mass is 490 g/mol. The lowest BCUT2D eigenvalue weighted by Crippen LogP contribution is -2.32. The fraction of sp³-hybridized carbons (Fsp3) is 0.440. The van der Waals surface area contributed by atoms with Crippen LogP contribution in [0, 0.1) is 0 Å². The summed E-state index contributed by atoms with van der Waals surface area (Å²) in [5, 5.41) is 2.74. The van der Waals surface area contributed by atoms with Gasteiger partial charge in [0.15, 0.2) is 5.75 Å². The van der Waals surface area contributed by atoms with Crippen LogP contribution in [0.3, 0.4) is 0 Å². The second-order valence-electron chi connectivity index (χ2n) is 7.25. The molecule has 0 aliphatic heterocycles. The average Bonchev–Trinajstić information content (AvgIpc) is 2.82. The van der Waals surface area contributed by atoms with Gasteiger partial charge < -0.3 is 24.3 Å². The fourth-order valence-corrected chi connectivity index (χ4v) is 2.83. The van der Waals surface area contributed by atoms with Crippen molar-refractivity contribution in [1.82, 2.24) is 10.3 Å². The van der Waals surface area contributed by atoms with E-state index in [1.165, 1.54) is 45.6 Å². The Labute approximate surface area is 207 Å². The van der Waals surface area contributed by atoms with Gasteiger partial charge in [-0.3, -0.25) is 9.59 Å². The molecule has 1 unspecified atom stereocenters. The smallest absolute Gasteiger partial charge is 0.325 e. The van der Waals surface area contributed by atoms with Crippen molar-refractivity contribution in [3.63, 3.8) is 0 Å². The van der Waals surface area contributed by atoms with Gasteiger partial charge in [0.1, 0.15) is 35.7 Å². The Kier molecular flexibility index (Phi) is 13.9. The molecule has 1 aromatic carbocycles. The van der Waals surface area contributed by atoms with Gasteiger partial charge >= 0.3 is 11.9 Å². The normalized spacial score (nSPS) is 10.7. The molecule has 2 rings (SSSR count). The zero-order valence-electron chi connectivity index (χ0n) is 20.5. The number of thiocarbonyl (C=S) groups is 1. The molecule has 34 heavy (non-hydrogen) atoms. The summed E-state index contributed by atoms with van der Waals surface area (Å²) in [5.74, 6) is -0.000489. The Balaban J connectivity index is 0.00000104. The third kappa shape index (κ3) is 11.1. The summed E-state index contributed by atoms with van der Waals surface area (Å²) >= 11 is 5.26. The number of nitrogens with zero attached hydrogens (tertiary/aromatic N) is 1. The van der Waals surface area contributed by atoms with E-state index >= 15 is 0 Å². The number of aromatic nitrogens is 1. The number of hydrogen-bond acceptors (Lipinski definition) is 8. The summed E-state index contributed by atoms with van der Waals surface area (Å²) < 4.78 is 21.1. The molecule has 186 valence electrons. The minimum atomic E-state index is -0.549. The van der Waals surface area contributed by atoms with Crippen molar-refractivity contribution in [2.24, 2.45) is 0 Å². The predicted molar refractivity (Wildman–Crippen MR) is 134 cm³/mol. The van der Waals surface area contributed by atoms with E-state index in [0.717, 1.165) is 0 Å². The van der Waals surface area contributed by atoms with Crippen molar-refractivity contribution < 1.29 is 28.5 Å². The van der Waals surface area contributed by atoms with Crippen LogP contribution in [0.25, 0.3) is 0 Å². The maximum atomic E-state index is 12.0. The summed E-state index contributed by atoms with van der Waals surface area (Å²) in [6.07, 6.45) is 5.22. The van der Waals surface area contributed by atoms with Crippen molar-refractivity contribution in [3.8, 4) is 17.2 Å². The molecule has 0 radical (unpaired) electrons. The average molecular weight is 491 g/mol. The van der Waals surface area contributed by atoms with Crippen LogP contribution in [0.15, 0.2) is 42.6 Å². The third-order valence-electron chi connectivity index (χ3n) is 4.21. The van der Waals surface area contributed by atoms with Crippen molar-refractivity contribution in [1.29, 1.82) is 0 Å². The molecule has 0 amide bonds. The standard InChI is InChI=1S/C20H22N2O6S.C5H12/c1-13(27-15-7-5-4-6-8-15)12-26-17(24)11-22-20(29)18-19(28-14(2)23)16(25-3)9-10-21-18;1-3-5-4-2/h4-10,13H,11-12H2,1-3H3,(H,22,29);3-5H2,1-2H3. The molecule has 1 heterocycles. The lowest BCUT2D eigenvalue weighted by molar-refractivity contribution is -0.144. The zero-order chi connectivity index (χ0) is 25.3. The summed E-state index contributed by atoms with van der Waals surface area (Å²) in [6.45, 7) is 7.37. The molecule has 1 N–H and O–H groups in total. The predicted octanol–water partition coefficient (Wildman–Crippen LogP) is 4.49. The van der Waals surface area contributed by atoms with Crippen molar-refractivity contribution >= 4 is 29.1 Å². The highest BCUT2D eigenvalue weighted by Gasteiger charge is 2.19. The number of esters is 2. The van der Waals surface area contributed by atoms with E-state index in [-0.39, 0.29) is 35.7 Å². The second-order valence-corrected chi connectivity index (χ2v) is 7.65. The Morgan fingerprint density at radius 3 is 2.35 bits per heavy atom. The number of hydrogen-bond donors (Lipinski definition) is 1. The van der Waals surface area contributed by atoms with E-state index < -0.39 is 11.9 Å². The minimum absolute atomic E-state index is 0.0816. The molecule has 0 bridgehead atoms. The van der Waals surface area contributed by atoms with Gasteiger partial charge in [-0.1, -0.05) is 63.5 Å². The van der Waals surface area contributed by atoms with Crippen LogP contribution < -0.4 is 19.5 Å². The van der Waals surface area contributed by atoms with Gasteiger partial charge in [0.2, 0.25) is 5.75 Å². The number of nitrogens with one attached hydrogen (secondary N) is 1. The maximum Gasteiger partial charge on any atom is 0.325 e. The summed E-state index contributed by atoms with van der Waals surface area (Å²) in [7, 11) is 1.43. The van der Waals surface area contributed by atoms with E-state index in [4.69, 9.17) is 31.2 Å². The molecule has 9 heteroatoms. The van der Waals surface area contributed by atoms with E-state index in [0.29, 0.717) is 11.5 Å². The highest BCUT2D eigenvalue weighted by atomic mass is 32.1. The van der Waals surface area contributed by atoms with Crippen LogP contribution in [0.1, 0.15) is 52.7 Å². The molecule has 0 fully saturated rings. The number of ether oxygens (including phenoxy) is 4. The van der Waals surface area contributed by atoms with Crippen molar-refractivity contribution in [3.05, 3.63) is 48.3 Å². The van der Waals surface area contributed by atoms with Crippen LogP contribution in [-0.4, -0.2) is 48.3 Å². The Morgan fingerprint density at radius 1 is 1.12 bits per heavy atom. The van der Waals surface area contributed by atoms with Gasteiger partial charge in [-0.2, -0.15) is 0 Å². The van der Waals surface area contributed by atoms with Gasteiger partial charge in [0.25, 0.3) is 0 Å². The number of methoxy groups -OCH3 is 1. The summed E-state index contributed by atoms with van der Waals surface area (Å²) in [6, 6.07) is 10.8. The van der Waals surface area contributed by atoms with Gasteiger partial charge in [0, 0.05) is 19.2 Å². The number of benzene rings is 1. The topological polar surface area (TPSA) is 96.0 Å². The summed E-state index contributed by atoms with van der Waals surface area (Å²) in [5.41, 5.74) is 0.183. The minimum Gasteiger partial charge on any atom is -0.493 e. The highest BCUT2D eigenvalue weighted by Crippen LogP contribution is 2.29. The first-order valence-electron chi connectivity index (χ1n) is 11.2. The second kappa shape index (κ2) is 16.4. The maximum absolute atomic E-state index is 12.0. The van der Waals surface area contributed by atoms with Gasteiger partial charge in [-0.05, 0) is 19.1 Å².